The van der Waals surface area contributed by atoms with Gasteiger partial charge in [0.2, 0.25) is 35.4 Å². The van der Waals surface area contributed by atoms with Crippen LogP contribution in [0.25, 0.3) is 0 Å². The molecular weight excluding hydrogens is 1120 g/mol. The maximum Gasteiger partial charge on any atom is 0.347 e. The molecule has 12 atom stereocenters. The highest BCUT2D eigenvalue weighted by atomic mass is 35.5. The molecule has 0 saturated carbocycles. The first-order chi connectivity index (χ1) is 39.5. The van der Waals surface area contributed by atoms with Crippen LogP contribution in [0.3, 0.4) is 0 Å². The number of nitrogens with one attached hydrogen (secondary N) is 6. The zero-order valence-corrected chi connectivity index (χ0v) is 49.4. The molecule has 1 saturated heterocycles. The number of epoxide rings is 1. The molecule has 0 bridgehead atoms. The highest BCUT2D eigenvalue weighted by molar-refractivity contribution is 6.32. The fourth-order valence-corrected chi connectivity index (χ4v) is 9.22. The first-order valence-electron chi connectivity index (χ1n) is 28.0. The number of carboxylic acid groups (broad SMARTS) is 1. The van der Waals surface area contributed by atoms with E-state index in [1.807, 2.05) is 20.8 Å². The van der Waals surface area contributed by atoms with Gasteiger partial charge in [-0.2, -0.15) is 0 Å². The number of carbonyl (C=O) groups is 9. The van der Waals surface area contributed by atoms with Gasteiger partial charge in [-0.05, 0) is 79.8 Å². The molecule has 0 aliphatic carbocycles. The Morgan fingerprint density at radius 1 is 0.833 bits per heavy atom. The summed E-state index contributed by atoms with van der Waals surface area (Å²) in [6.07, 6.45) is -8.82. The average Bonchev–Trinajstić information content (AvgIpc) is 4.40. The molecule has 466 valence electrons. The predicted octanol–water partition coefficient (Wildman–Crippen LogP) is 0.953. The van der Waals surface area contributed by atoms with Crippen LogP contribution >= 0.6 is 11.6 Å². The minimum absolute atomic E-state index is 0.0164. The summed E-state index contributed by atoms with van der Waals surface area (Å²) in [6, 6.07) is 8.32. The van der Waals surface area contributed by atoms with Crippen molar-refractivity contribution in [3.05, 3.63) is 76.3 Å². The topological polar surface area (TPSA) is 387 Å². The summed E-state index contributed by atoms with van der Waals surface area (Å²) in [4.78, 5) is 119. The molecule has 6 amide bonds. The number of amides is 6. The quantitative estimate of drug-likeness (QED) is 0.0417. The third kappa shape index (κ3) is 22.0. The average molecular weight is 1200 g/mol. The Morgan fingerprint density at radius 3 is 2.12 bits per heavy atom. The van der Waals surface area contributed by atoms with Gasteiger partial charge in [0, 0.05) is 57.7 Å². The summed E-state index contributed by atoms with van der Waals surface area (Å²) in [5.74, 6) is -7.36. The fraction of sp³-hybridized carbons (Fsp3) is 0.603. The first kappa shape index (κ1) is 69.8. The minimum Gasteiger partial charge on any atom is -0.495 e. The van der Waals surface area contributed by atoms with Crippen molar-refractivity contribution in [2.45, 2.75) is 173 Å². The molecule has 0 radical (unpaired) electrons. The van der Waals surface area contributed by atoms with E-state index in [9.17, 15) is 63.6 Å². The SMILES string of the molecule is COc1ccc(C[C@H]2NC(=O)/C=C/C[C@@H](C(C)[C@H]3O[C@@H]3c3ccc(CNC(=O)C(CCC(=O)NCC(O)C(O)C(O)C(O)CO)NC(=O)C(NC(=O)CCCC(=O)O)C(C)C)cc3)OC(=O)[C@H](CC(C)C)OC(=O)C(C)(C)CNC2=O)cc1Cl. The fourth-order valence-electron chi connectivity index (χ4n) is 8.94. The van der Waals surface area contributed by atoms with Gasteiger partial charge >= 0.3 is 17.9 Å². The molecule has 2 aromatic carbocycles. The molecule has 26 heteroatoms. The van der Waals surface area contributed by atoms with Crippen LogP contribution in [0, 0.1) is 23.2 Å². The number of methoxy groups -OCH3 is 1. The third-order valence-corrected chi connectivity index (χ3v) is 14.5. The molecule has 2 aliphatic rings. The highest BCUT2D eigenvalue weighted by Crippen LogP contribution is 2.45. The standard InChI is InChI=1S/C58H83ClN6O19/c1-30(2)23-43-56(79)82-41(11-9-12-45(70)63-38(25-34-17-21-42(81-8)36(59)24-34)54(77)62-29-58(6,7)57(80)83-43)32(5)51-52(84-51)35-18-15-33(16-19-35)26-61-53(76)37(20-22-44(69)60-27-39(67)49(74)50(75)40(68)28-66)64-55(78)48(31(3)4)65-46(71)13-10-14-47(72)73/h9,12,15-19,21,24,30-32,37-41,43,48-52,66-68,74-75H,10-11,13-14,20,22-23,25-29H2,1-8H3,(H,60,69)(H,61,76)(H,62,77)(H,63,70)(H,64,78)(H,65,71)(H,72,73)/b12-9+/t32?,37?,38-,39?,40?,41+,43+,48?,49?,50?,51-,52-/m1/s1. The molecule has 84 heavy (non-hydrogen) atoms. The number of hydrogen-bond acceptors (Lipinski definition) is 18. The van der Waals surface area contributed by atoms with E-state index in [-0.39, 0.29) is 64.0 Å². The second-order valence-electron chi connectivity index (χ2n) is 22.6. The van der Waals surface area contributed by atoms with E-state index in [0.717, 1.165) is 5.56 Å². The van der Waals surface area contributed by atoms with E-state index in [1.54, 1.807) is 70.2 Å². The first-order valence-corrected chi connectivity index (χ1v) is 28.3. The number of aliphatic carboxylic acids is 1. The van der Waals surface area contributed by atoms with E-state index in [4.69, 9.17) is 40.8 Å². The monoisotopic (exact) mass is 1200 g/mol. The van der Waals surface area contributed by atoms with Crippen LogP contribution in [0.2, 0.25) is 5.02 Å². The van der Waals surface area contributed by atoms with E-state index in [0.29, 0.717) is 21.9 Å². The lowest BCUT2D eigenvalue weighted by atomic mass is 9.92. The molecular formula is C58H83ClN6O19. The molecule has 2 heterocycles. The van der Waals surface area contributed by atoms with Crippen LogP contribution in [0.1, 0.15) is 116 Å². The van der Waals surface area contributed by atoms with Crippen LogP contribution in [-0.2, 0) is 70.3 Å². The number of hydrogen-bond donors (Lipinski definition) is 12. The zero-order chi connectivity index (χ0) is 62.6. The van der Waals surface area contributed by atoms with Crippen molar-refractivity contribution in [2.24, 2.45) is 23.2 Å². The van der Waals surface area contributed by atoms with Crippen molar-refractivity contribution in [1.82, 2.24) is 31.9 Å². The summed E-state index contributed by atoms with van der Waals surface area (Å²) >= 11 is 6.38. The van der Waals surface area contributed by atoms with Gasteiger partial charge in [-0.1, -0.05) is 82.6 Å². The van der Waals surface area contributed by atoms with E-state index in [2.05, 4.69) is 31.9 Å². The number of carbonyl (C=O) groups excluding carboxylic acids is 8. The summed E-state index contributed by atoms with van der Waals surface area (Å²) in [6.45, 7) is 10.2. The smallest absolute Gasteiger partial charge is 0.347 e. The van der Waals surface area contributed by atoms with E-state index < -0.39 is 157 Å². The van der Waals surface area contributed by atoms with Gasteiger partial charge in [0.15, 0.2) is 6.10 Å². The number of benzene rings is 2. The highest BCUT2D eigenvalue weighted by Gasteiger charge is 2.48. The number of aliphatic hydroxyl groups excluding tert-OH is 5. The van der Waals surface area contributed by atoms with Gasteiger partial charge in [-0.25, -0.2) is 4.79 Å². The van der Waals surface area contributed by atoms with Crippen molar-refractivity contribution in [1.29, 1.82) is 0 Å². The number of cyclic esters (lactones) is 2. The molecule has 2 aromatic rings. The van der Waals surface area contributed by atoms with Crippen LogP contribution in [0.5, 0.6) is 5.75 Å². The Kier molecular flexibility index (Phi) is 27.5. The predicted molar refractivity (Wildman–Crippen MR) is 302 cm³/mol. The van der Waals surface area contributed by atoms with Gasteiger partial charge in [-0.15, -0.1) is 0 Å². The van der Waals surface area contributed by atoms with Crippen molar-refractivity contribution < 1.29 is 92.7 Å². The van der Waals surface area contributed by atoms with Gasteiger partial charge < -0.3 is 81.5 Å². The lowest BCUT2D eigenvalue weighted by Crippen LogP contribution is -2.55. The van der Waals surface area contributed by atoms with Gasteiger partial charge in [-0.3, -0.25) is 38.4 Å². The number of esters is 2. The van der Waals surface area contributed by atoms with Crippen molar-refractivity contribution in [3.8, 4) is 5.75 Å². The lowest BCUT2D eigenvalue weighted by Gasteiger charge is -2.29. The van der Waals surface area contributed by atoms with Crippen molar-refractivity contribution in [3.63, 3.8) is 0 Å². The molecule has 0 spiro atoms. The summed E-state index contributed by atoms with van der Waals surface area (Å²) in [5, 5.41) is 74.1. The van der Waals surface area contributed by atoms with Crippen molar-refractivity contribution in [2.75, 3.05) is 26.8 Å². The second kappa shape index (κ2) is 33.1. The van der Waals surface area contributed by atoms with Gasteiger partial charge in [0.05, 0.1) is 36.4 Å². The van der Waals surface area contributed by atoms with E-state index in [1.165, 1.54) is 19.3 Å². The second-order valence-corrected chi connectivity index (χ2v) is 23.0. The Morgan fingerprint density at radius 2 is 1.50 bits per heavy atom. The molecule has 12 N–H and O–H groups in total. The van der Waals surface area contributed by atoms with Crippen molar-refractivity contribution >= 4 is 65.0 Å². The van der Waals surface area contributed by atoms with Crippen LogP contribution in [0.15, 0.2) is 54.6 Å². The largest absolute Gasteiger partial charge is 0.495 e. The number of carboxylic acids is 1. The summed E-state index contributed by atoms with van der Waals surface area (Å²) in [7, 11) is 1.47. The minimum atomic E-state index is -1.95. The number of aliphatic hydroxyl groups is 5. The zero-order valence-electron chi connectivity index (χ0n) is 48.6. The Labute approximate surface area is 493 Å². The van der Waals surface area contributed by atoms with E-state index >= 15 is 0 Å². The molecule has 0 aromatic heterocycles. The Bertz CT molecular complexity index is 2620. The summed E-state index contributed by atoms with van der Waals surface area (Å²) < 4.78 is 23.4. The van der Waals surface area contributed by atoms with Crippen LogP contribution < -0.4 is 36.6 Å². The summed E-state index contributed by atoms with van der Waals surface area (Å²) in [5.41, 5.74) is 0.629. The third-order valence-electron chi connectivity index (χ3n) is 14.2. The lowest BCUT2D eigenvalue weighted by molar-refractivity contribution is -0.179. The van der Waals surface area contributed by atoms with Crippen LogP contribution in [-0.4, -0.2) is 172 Å². The Balaban J connectivity index is 1.50. The molecule has 2 aliphatic heterocycles. The number of halogens is 1. The normalized spacial score (nSPS) is 22.3. The molecule has 7 unspecified atom stereocenters. The Hall–Kier alpha value is -6.74. The maximum atomic E-state index is 14.0. The molecule has 1 fully saturated rings. The number of ether oxygens (including phenoxy) is 4. The van der Waals surface area contributed by atoms with Gasteiger partial charge in [0.25, 0.3) is 0 Å². The maximum absolute atomic E-state index is 14.0. The molecule has 25 nitrogen and oxygen atoms in total. The van der Waals surface area contributed by atoms with Gasteiger partial charge in [0.1, 0.15) is 54.4 Å². The van der Waals surface area contributed by atoms with Crippen LogP contribution in [0.4, 0.5) is 0 Å². The molecule has 4 rings (SSSR count). The number of rotatable bonds is 28.